The number of alkyl halides is 1. The number of benzene rings is 2. The van der Waals surface area contributed by atoms with Gasteiger partial charge in [0, 0.05) is 14.5 Å². The molecule has 1 atom stereocenters. The zero-order valence-electron chi connectivity index (χ0n) is 10.5. The Morgan fingerprint density at radius 2 is 1.47 bits per heavy atom. The second kappa shape index (κ2) is 6.17. The highest BCUT2D eigenvalue weighted by molar-refractivity contribution is 9.10. The fourth-order valence-corrected chi connectivity index (χ4v) is 3.83. The van der Waals surface area contributed by atoms with Crippen LogP contribution in [0.3, 0.4) is 0 Å². The molecular formula is C15H12Br2Cl2. The van der Waals surface area contributed by atoms with Crippen LogP contribution < -0.4 is 0 Å². The number of aryl methyl sites for hydroxylation is 2. The van der Waals surface area contributed by atoms with Crippen molar-refractivity contribution >= 4 is 55.1 Å². The monoisotopic (exact) mass is 420 g/mol. The number of halogens is 4. The van der Waals surface area contributed by atoms with Crippen molar-refractivity contribution in [1.29, 1.82) is 0 Å². The maximum absolute atomic E-state index is 6.35. The van der Waals surface area contributed by atoms with Crippen LogP contribution in [0.4, 0.5) is 0 Å². The molecule has 2 aromatic rings. The molecule has 0 aliphatic carbocycles. The molecule has 1 unspecified atom stereocenters. The van der Waals surface area contributed by atoms with Gasteiger partial charge in [-0.15, -0.1) is 0 Å². The van der Waals surface area contributed by atoms with Gasteiger partial charge < -0.3 is 0 Å². The van der Waals surface area contributed by atoms with Gasteiger partial charge in [-0.2, -0.15) is 0 Å². The van der Waals surface area contributed by atoms with Gasteiger partial charge in [0.1, 0.15) is 0 Å². The van der Waals surface area contributed by atoms with Crippen molar-refractivity contribution in [3.8, 4) is 0 Å². The molecule has 0 bridgehead atoms. The minimum absolute atomic E-state index is 0.0238. The van der Waals surface area contributed by atoms with Crippen LogP contribution >= 0.6 is 55.1 Å². The number of hydrogen-bond donors (Lipinski definition) is 0. The first kappa shape index (κ1) is 15.4. The summed E-state index contributed by atoms with van der Waals surface area (Å²) >= 11 is 19.8. The Balaban J connectivity index is 2.52. The van der Waals surface area contributed by atoms with Crippen molar-refractivity contribution in [1.82, 2.24) is 0 Å². The topological polar surface area (TPSA) is 0 Å². The summed E-state index contributed by atoms with van der Waals surface area (Å²) in [5.41, 5.74) is 4.44. The lowest BCUT2D eigenvalue weighted by Gasteiger charge is -2.16. The minimum atomic E-state index is -0.0238. The smallest absolute Gasteiger partial charge is 0.0674 e. The minimum Gasteiger partial charge on any atom is -0.0840 e. The second-order valence-corrected chi connectivity index (χ2v) is 7.13. The van der Waals surface area contributed by atoms with Crippen LogP contribution in [0.5, 0.6) is 0 Å². The molecule has 0 saturated heterocycles. The summed E-state index contributed by atoms with van der Waals surface area (Å²) in [5.74, 6) is 0. The van der Waals surface area contributed by atoms with Gasteiger partial charge in [-0.1, -0.05) is 61.1 Å². The van der Waals surface area contributed by atoms with Crippen LogP contribution in [0.15, 0.2) is 34.8 Å². The molecule has 0 N–H and O–H groups in total. The first-order valence-corrected chi connectivity index (χ1v) is 8.22. The van der Waals surface area contributed by atoms with Gasteiger partial charge in [-0.3, -0.25) is 0 Å². The van der Waals surface area contributed by atoms with E-state index in [4.69, 9.17) is 23.2 Å². The van der Waals surface area contributed by atoms with E-state index < -0.39 is 0 Å². The maximum Gasteiger partial charge on any atom is 0.0674 e. The Morgan fingerprint density at radius 3 is 2.16 bits per heavy atom. The average Bonchev–Trinajstić information content (AvgIpc) is 2.36. The van der Waals surface area contributed by atoms with Gasteiger partial charge in [0.15, 0.2) is 0 Å². The van der Waals surface area contributed by atoms with Crippen LogP contribution in [-0.2, 0) is 0 Å². The highest BCUT2D eigenvalue weighted by Gasteiger charge is 2.18. The largest absolute Gasteiger partial charge is 0.0840 e. The lowest BCUT2D eigenvalue weighted by molar-refractivity contribution is 1.15. The molecule has 0 amide bonds. The van der Waals surface area contributed by atoms with E-state index in [1.165, 1.54) is 11.1 Å². The summed E-state index contributed by atoms with van der Waals surface area (Å²) < 4.78 is 0.997. The third kappa shape index (κ3) is 3.36. The van der Waals surface area contributed by atoms with Gasteiger partial charge in [-0.05, 0) is 60.4 Å². The Hall–Kier alpha value is -0.0200. The summed E-state index contributed by atoms with van der Waals surface area (Å²) in [4.78, 5) is -0.0238. The fraction of sp³-hybridized carbons (Fsp3) is 0.200. The second-order valence-electron chi connectivity index (χ2n) is 4.49. The van der Waals surface area contributed by atoms with Crippen LogP contribution in [0.2, 0.25) is 10.0 Å². The summed E-state index contributed by atoms with van der Waals surface area (Å²) in [7, 11) is 0. The van der Waals surface area contributed by atoms with E-state index in [0.29, 0.717) is 0 Å². The molecule has 0 radical (unpaired) electrons. The molecule has 2 aromatic carbocycles. The maximum atomic E-state index is 6.35. The molecule has 2 rings (SSSR count). The molecule has 0 aliphatic rings. The Labute approximate surface area is 140 Å². The standard InChI is InChI=1S/C15H12Br2Cl2/c1-8-5-11(14(19)6-9(8)2)15(17)12-7-10(16)3-4-13(12)18/h3-7,15H,1-2H3. The highest BCUT2D eigenvalue weighted by atomic mass is 79.9. The molecule has 4 heteroatoms. The van der Waals surface area contributed by atoms with Gasteiger partial charge in [0.05, 0.1) is 4.83 Å². The molecule has 0 aromatic heterocycles. The average molecular weight is 423 g/mol. The summed E-state index contributed by atoms with van der Waals surface area (Å²) in [6.07, 6.45) is 0. The zero-order chi connectivity index (χ0) is 14.2. The summed E-state index contributed by atoms with van der Waals surface area (Å²) in [5, 5.41) is 1.47. The molecule has 0 fully saturated rings. The lowest BCUT2D eigenvalue weighted by Crippen LogP contribution is -1.97. The molecule has 0 aliphatic heterocycles. The van der Waals surface area contributed by atoms with E-state index in [0.717, 1.165) is 25.6 Å². The van der Waals surface area contributed by atoms with E-state index in [1.54, 1.807) is 0 Å². The fourth-order valence-electron chi connectivity index (χ4n) is 1.87. The normalized spacial score (nSPS) is 12.5. The van der Waals surface area contributed by atoms with E-state index in [1.807, 2.05) is 24.3 Å². The van der Waals surface area contributed by atoms with Crippen molar-refractivity contribution in [2.24, 2.45) is 0 Å². The van der Waals surface area contributed by atoms with Crippen molar-refractivity contribution in [3.63, 3.8) is 0 Å². The predicted molar refractivity (Wildman–Crippen MR) is 90.8 cm³/mol. The third-order valence-electron chi connectivity index (χ3n) is 3.12. The van der Waals surface area contributed by atoms with Crippen molar-refractivity contribution in [3.05, 3.63) is 67.1 Å². The number of rotatable bonds is 2. The Bertz CT molecular complexity index is 624. The van der Waals surface area contributed by atoms with E-state index in [2.05, 4.69) is 51.8 Å². The summed E-state index contributed by atoms with van der Waals surface area (Å²) in [6, 6.07) is 9.91. The highest BCUT2D eigenvalue weighted by Crippen LogP contribution is 2.40. The zero-order valence-corrected chi connectivity index (χ0v) is 15.2. The van der Waals surface area contributed by atoms with Gasteiger partial charge in [0.2, 0.25) is 0 Å². The SMILES string of the molecule is Cc1cc(Cl)c(C(Br)c2cc(Br)ccc2Cl)cc1C. The van der Waals surface area contributed by atoms with E-state index in [9.17, 15) is 0 Å². The van der Waals surface area contributed by atoms with Crippen LogP contribution in [0.1, 0.15) is 27.1 Å². The van der Waals surface area contributed by atoms with Crippen LogP contribution in [0, 0.1) is 13.8 Å². The number of hydrogen-bond acceptors (Lipinski definition) is 0. The molecule has 0 spiro atoms. The van der Waals surface area contributed by atoms with Crippen LogP contribution in [-0.4, -0.2) is 0 Å². The Kier molecular flexibility index (Phi) is 4.99. The molecule has 0 saturated carbocycles. The van der Waals surface area contributed by atoms with Crippen molar-refractivity contribution < 1.29 is 0 Å². The molecule has 0 heterocycles. The first-order chi connectivity index (χ1) is 8.90. The molecular weight excluding hydrogens is 411 g/mol. The summed E-state index contributed by atoms with van der Waals surface area (Å²) in [6.45, 7) is 4.14. The van der Waals surface area contributed by atoms with Gasteiger partial charge >= 0.3 is 0 Å². The Morgan fingerprint density at radius 1 is 0.895 bits per heavy atom. The predicted octanol–water partition coefficient (Wildman–Crippen LogP) is 6.86. The van der Waals surface area contributed by atoms with Gasteiger partial charge in [0.25, 0.3) is 0 Å². The first-order valence-electron chi connectivity index (χ1n) is 5.76. The molecule has 0 nitrogen and oxygen atoms in total. The van der Waals surface area contributed by atoms with Crippen LogP contribution in [0.25, 0.3) is 0 Å². The lowest BCUT2D eigenvalue weighted by atomic mass is 10.00. The quantitative estimate of drug-likeness (QED) is 0.464. The van der Waals surface area contributed by atoms with Crippen molar-refractivity contribution in [2.45, 2.75) is 18.7 Å². The molecule has 19 heavy (non-hydrogen) atoms. The van der Waals surface area contributed by atoms with Gasteiger partial charge in [-0.25, -0.2) is 0 Å². The van der Waals surface area contributed by atoms with Crippen molar-refractivity contribution in [2.75, 3.05) is 0 Å². The molecule has 100 valence electrons. The van der Waals surface area contributed by atoms with E-state index in [-0.39, 0.29) is 4.83 Å². The third-order valence-corrected chi connectivity index (χ3v) is 5.27. The van der Waals surface area contributed by atoms with E-state index >= 15 is 0 Å².